The number of rotatable bonds is 15. The lowest BCUT2D eigenvalue weighted by atomic mass is 9.88. The number of hydrogen-bond acceptors (Lipinski definition) is 13. The molecule has 9 N–H and O–H groups in total. The van der Waals surface area contributed by atoms with Gasteiger partial charge in [-0.2, -0.15) is 0 Å². The first-order valence-electron chi connectivity index (χ1n) is 20.1. The van der Waals surface area contributed by atoms with Gasteiger partial charge in [0.1, 0.15) is 41.2 Å². The Balaban J connectivity index is 1.76. The zero-order valence-corrected chi connectivity index (χ0v) is 37.9. The Hall–Kier alpha value is -5.18. The van der Waals surface area contributed by atoms with Crippen LogP contribution in [0.15, 0.2) is 9.89 Å². The van der Waals surface area contributed by atoms with Gasteiger partial charge in [0.25, 0.3) is 10.0 Å². The summed E-state index contributed by atoms with van der Waals surface area (Å²) in [5, 5.41) is 16.7. The number of guanidine groups is 1. The van der Waals surface area contributed by atoms with Crippen molar-refractivity contribution in [2.75, 3.05) is 19.6 Å². The highest BCUT2D eigenvalue weighted by Crippen LogP contribution is 2.42. The summed E-state index contributed by atoms with van der Waals surface area (Å²) in [6.45, 7) is 18.0. The van der Waals surface area contributed by atoms with E-state index in [4.69, 9.17) is 25.7 Å². The van der Waals surface area contributed by atoms with Gasteiger partial charge < -0.3 is 46.7 Å². The normalized spacial score (nSPS) is 18.8. The molecular weight excluding hydrogens is 817 g/mol. The average Bonchev–Trinajstić information content (AvgIpc) is 3.52. The maximum absolute atomic E-state index is 13.9. The number of aliphatic imine (C=N–C) groups is 1. The van der Waals surface area contributed by atoms with Crippen molar-refractivity contribution >= 4 is 51.7 Å². The molecule has 1 aromatic rings. The summed E-state index contributed by atoms with van der Waals surface area (Å²) in [5.41, 5.74) is 12.4. The van der Waals surface area contributed by atoms with E-state index in [0.717, 1.165) is 10.5 Å². The quantitative estimate of drug-likeness (QED) is 0.0566. The number of nitrogens with one attached hydrogen (secondary N) is 4. The van der Waals surface area contributed by atoms with Crippen molar-refractivity contribution in [2.24, 2.45) is 16.5 Å². The van der Waals surface area contributed by atoms with Gasteiger partial charge in [-0.25, -0.2) is 17.9 Å². The van der Waals surface area contributed by atoms with Crippen molar-refractivity contribution in [1.29, 1.82) is 0 Å². The molecule has 2 aliphatic rings. The molecule has 1 aromatic carbocycles. The zero-order valence-electron chi connectivity index (χ0n) is 37.1. The van der Waals surface area contributed by atoms with Crippen LogP contribution in [0.2, 0.25) is 0 Å². The topological polar surface area (TPSA) is 300 Å². The van der Waals surface area contributed by atoms with Gasteiger partial charge in [-0.3, -0.25) is 33.9 Å². The Kier molecular flexibility index (Phi) is 16.2. The van der Waals surface area contributed by atoms with Crippen molar-refractivity contribution in [1.82, 2.24) is 25.6 Å². The van der Waals surface area contributed by atoms with Crippen molar-refractivity contribution in [3.05, 3.63) is 22.3 Å². The molecule has 0 aliphatic carbocycles. The lowest BCUT2D eigenvalue weighted by molar-refractivity contribution is -0.156. The fourth-order valence-corrected chi connectivity index (χ4v) is 8.49. The van der Waals surface area contributed by atoms with E-state index in [1.54, 1.807) is 62.3 Å². The molecule has 0 unspecified atom stereocenters. The molecule has 0 radical (unpaired) electrons. The third-order valence-electron chi connectivity index (χ3n) is 9.88. The van der Waals surface area contributed by atoms with Crippen LogP contribution in [0.3, 0.4) is 0 Å². The lowest BCUT2D eigenvalue weighted by Gasteiger charge is -2.35. The van der Waals surface area contributed by atoms with Gasteiger partial charge in [-0.15, -0.1) is 0 Å². The third kappa shape index (κ3) is 14.5. The number of esters is 1. The molecule has 342 valence electrons. The smallest absolute Gasteiger partial charge is 0.411 e. The van der Waals surface area contributed by atoms with Crippen LogP contribution in [0.1, 0.15) is 110 Å². The van der Waals surface area contributed by atoms with Crippen molar-refractivity contribution in [2.45, 2.75) is 161 Å². The molecule has 4 amide bonds. The number of carbonyl (C=O) groups is 6. The van der Waals surface area contributed by atoms with E-state index < -0.39 is 106 Å². The van der Waals surface area contributed by atoms with E-state index in [0.29, 0.717) is 35.3 Å². The second-order valence-corrected chi connectivity index (χ2v) is 19.7. The minimum atomic E-state index is -4.20. The number of carboxylic acid groups (broad SMARTS) is 1. The first kappa shape index (κ1) is 50.2. The van der Waals surface area contributed by atoms with Crippen LogP contribution in [0.4, 0.5) is 4.79 Å². The van der Waals surface area contributed by atoms with Gasteiger partial charge in [0.2, 0.25) is 23.7 Å². The fourth-order valence-electron chi connectivity index (χ4n) is 6.96. The van der Waals surface area contributed by atoms with Crippen LogP contribution in [0.25, 0.3) is 0 Å². The van der Waals surface area contributed by atoms with Crippen molar-refractivity contribution in [3.63, 3.8) is 0 Å². The van der Waals surface area contributed by atoms with Crippen LogP contribution in [-0.4, -0.2) is 121 Å². The number of likely N-dealkylation sites (tertiary alicyclic amines) is 1. The summed E-state index contributed by atoms with van der Waals surface area (Å²) in [6, 6.07) is -4.72. The second kappa shape index (κ2) is 19.7. The summed E-state index contributed by atoms with van der Waals surface area (Å²) in [5.74, 6) is -4.16. The van der Waals surface area contributed by atoms with Crippen LogP contribution >= 0.6 is 0 Å². The summed E-state index contributed by atoms with van der Waals surface area (Å²) in [7, 11) is -4.20. The van der Waals surface area contributed by atoms with Gasteiger partial charge in [0, 0.05) is 19.1 Å². The number of amides is 4. The highest BCUT2D eigenvalue weighted by molar-refractivity contribution is 7.90. The molecule has 61 heavy (non-hydrogen) atoms. The molecule has 1 fully saturated rings. The molecule has 1 saturated heterocycles. The molecule has 2 heterocycles. The lowest BCUT2D eigenvalue weighted by Crippen LogP contribution is -2.54. The number of sulfonamides is 1. The largest absolute Gasteiger partial charge is 0.487 e. The number of carbonyl (C=O) groups excluding carboxylic acids is 5. The number of ether oxygens (including phenoxy) is 3. The van der Waals surface area contributed by atoms with Gasteiger partial charge in [0.15, 0.2) is 0 Å². The van der Waals surface area contributed by atoms with E-state index in [9.17, 15) is 42.3 Å². The van der Waals surface area contributed by atoms with E-state index >= 15 is 0 Å². The van der Waals surface area contributed by atoms with Crippen LogP contribution in [0, 0.1) is 20.8 Å². The average molecular weight is 881 g/mol. The highest BCUT2D eigenvalue weighted by Gasteiger charge is 2.43. The molecule has 2 aliphatic heterocycles. The first-order chi connectivity index (χ1) is 27.9. The minimum Gasteiger partial charge on any atom is -0.487 e. The summed E-state index contributed by atoms with van der Waals surface area (Å²) >= 11 is 0. The van der Waals surface area contributed by atoms with E-state index in [1.165, 1.54) is 0 Å². The van der Waals surface area contributed by atoms with Gasteiger partial charge in [-0.05, 0) is 131 Å². The zero-order chi connectivity index (χ0) is 46.4. The molecule has 20 nitrogen and oxygen atoms in total. The van der Waals surface area contributed by atoms with Crippen LogP contribution in [-0.2, 0) is 49.9 Å². The maximum Gasteiger partial charge on any atom is 0.411 e. The van der Waals surface area contributed by atoms with Gasteiger partial charge in [0.05, 0.1) is 17.4 Å². The maximum atomic E-state index is 13.9. The molecule has 3 rings (SSSR count). The molecule has 4 atom stereocenters. The minimum absolute atomic E-state index is 0.0612. The number of hydrogen-bond donors (Lipinski definition) is 7. The predicted molar refractivity (Wildman–Crippen MR) is 224 cm³/mol. The molecule has 21 heteroatoms. The molecular formula is C40H64N8O12S. The summed E-state index contributed by atoms with van der Waals surface area (Å²) in [4.78, 5) is 82.2. The van der Waals surface area contributed by atoms with Crippen molar-refractivity contribution in [3.8, 4) is 5.75 Å². The second-order valence-electron chi connectivity index (χ2n) is 18.0. The third-order valence-corrected chi connectivity index (χ3v) is 11.5. The van der Waals surface area contributed by atoms with E-state index in [1.807, 2.05) is 13.8 Å². The fraction of sp³-hybridized carbons (Fsp3) is 0.675. The van der Waals surface area contributed by atoms with Gasteiger partial charge >= 0.3 is 18.0 Å². The van der Waals surface area contributed by atoms with Crippen LogP contribution in [0.5, 0.6) is 5.75 Å². The Labute approximate surface area is 357 Å². The Morgan fingerprint density at radius 1 is 0.984 bits per heavy atom. The SMILES string of the molecule is Cc1c(C)c(S(=O)(=O)NC(N)=NCCC[C@H](NC(=O)[C@H]2C[C@H](NC(=O)[C@@H](N)CC(=O)OC(C)(C)C)CN2C(=O)OC(C)(C)C)C(=O)NCC(=O)O)c(C)c2c1OC(C)(C)CC2. The number of aliphatic carboxylic acids is 1. The Bertz CT molecular complexity index is 2010. The molecule has 0 spiro atoms. The molecule has 0 aromatic heterocycles. The summed E-state index contributed by atoms with van der Waals surface area (Å²) in [6.07, 6.45) is -0.160. The van der Waals surface area contributed by atoms with Crippen LogP contribution < -0.4 is 36.9 Å². The number of benzene rings is 1. The van der Waals surface area contributed by atoms with Gasteiger partial charge in [-0.1, -0.05) is 0 Å². The number of carboxylic acids is 1. The molecule has 0 bridgehead atoms. The highest BCUT2D eigenvalue weighted by atomic mass is 32.2. The molecule has 0 saturated carbocycles. The predicted octanol–water partition coefficient (Wildman–Crippen LogP) is 1.33. The number of fused-ring (bicyclic) bond motifs is 1. The first-order valence-corrected chi connectivity index (χ1v) is 21.6. The van der Waals surface area contributed by atoms with E-state index in [-0.39, 0.29) is 37.2 Å². The Morgan fingerprint density at radius 2 is 1.61 bits per heavy atom. The number of nitrogens with zero attached hydrogens (tertiary/aromatic N) is 2. The van der Waals surface area contributed by atoms with Crippen molar-refractivity contribution < 1.29 is 56.5 Å². The monoisotopic (exact) mass is 880 g/mol. The van der Waals surface area contributed by atoms with E-state index in [2.05, 4.69) is 25.7 Å². The Morgan fingerprint density at radius 3 is 2.20 bits per heavy atom. The standard InChI is InChI=1S/C40H64N8O12S/c1-21-22(2)32(23(3)25-14-15-40(10,11)59-31(21)25)61(56,57)47-36(42)43-16-12-13-27(34(53)44-19-29(49)50)46-35(54)28-17-24(20-48(28)37(55)60-39(7,8)9)45-33(52)26(41)18-30(51)58-38(4,5)6/h24,26-28H,12-20,41H2,1-11H3,(H,44,53)(H,45,52)(H,46,54)(H,49,50)(H3,42,43,47)/t24-,26-,27-,28+/m0/s1. The number of nitrogens with two attached hydrogens (primary N) is 2. The summed E-state index contributed by atoms with van der Waals surface area (Å²) < 4.78 is 46.6.